The minimum absolute atomic E-state index is 0.264. The van der Waals surface area contributed by atoms with Crippen molar-refractivity contribution in [2.24, 2.45) is 0 Å². The van der Waals surface area contributed by atoms with Gasteiger partial charge in [-0.2, -0.15) is 0 Å². The van der Waals surface area contributed by atoms with E-state index in [1.54, 1.807) is 31.2 Å². The third kappa shape index (κ3) is 2.62. The van der Waals surface area contributed by atoms with Crippen molar-refractivity contribution in [3.05, 3.63) is 71.0 Å². The molecule has 24 heavy (non-hydrogen) atoms. The molecule has 0 aliphatic rings. The molecule has 0 aromatic heterocycles. The number of methoxy groups -OCH3 is 1. The zero-order valence-corrected chi connectivity index (χ0v) is 13.0. The van der Waals surface area contributed by atoms with Crippen molar-refractivity contribution in [3.63, 3.8) is 0 Å². The molecule has 0 spiro atoms. The van der Waals surface area contributed by atoms with Crippen molar-refractivity contribution in [3.8, 4) is 11.1 Å². The Morgan fingerprint density at radius 3 is 2.17 bits per heavy atom. The summed E-state index contributed by atoms with van der Waals surface area (Å²) in [4.78, 5) is 11.7. The Bertz CT molecular complexity index is 941. The fourth-order valence-corrected chi connectivity index (χ4v) is 2.79. The molecule has 0 saturated carbocycles. The lowest BCUT2D eigenvalue weighted by molar-refractivity contribution is 0.0601. The number of ether oxygens (including phenoxy) is 1. The van der Waals surface area contributed by atoms with Crippen molar-refractivity contribution in [2.45, 2.75) is 6.92 Å². The van der Waals surface area contributed by atoms with Gasteiger partial charge in [0, 0.05) is 12.1 Å². The molecule has 0 aliphatic heterocycles. The van der Waals surface area contributed by atoms with Crippen LogP contribution in [-0.4, -0.2) is 13.1 Å². The maximum absolute atomic E-state index is 14.3. The number of halogens is 3. The van der Waals surface area contributed by atoms with Gasteiger partial charge in [0.25, 0.3) is 0 Å². The van der Waals surface area contributed by atoms with Crippen LogP contribution in [0.25, 0.3) is 21.9 Å². The average Bonchev–Trinajstić information content (AvgIpc) is 2.54. The quantitative estimate of drug-likeness (QED) is 0.617. The zero-order valence-electron chi connectivity index (χ0n) is 13.0. The Kier molecular flexibility index (Phi) is 4.01. The Morgan fingerprint density at radius 1 is 0.917 bits per heavy atom. The van der Waals surface area contributed by atoms with Crippen molar-refractivity contribution in [2.75, 3.05) is 7.11 Å². The van der Waals surface area contributed by atoms with Crippen molar-refractivity contribution in [1.29, 1.82) is 0 Å². The Labute approximate surface area is 136 Å². The van der Waals surface area contributed by atoms with E-state index in [2.05, 4.69) is 4.74 Å². The van der Waals surface area contributed by atoms with Crippen LogP contribution in [0.5, 0.6) is 0 Å². The van der Waals surface area contributed by atoms with Gasteiger partial charge in [0.1, 0.15) is 17.5 Å². The average molecular weight is 330 g/mol. The summed E-state index contributed by atoms with van der Waals surface area (Å²) in [5, 5.41) is 1.19. The summed E-state index contributed by atoms with van der Waals surface area (Å²) >= 11 is 0. The van der Waals surface area contributed by atoms with Crippen LogP contribution in [0.1, 0.15) is 15.9 Å². The first-order chi connectivity index (χ1) is 11.4. The highest BCUT2D eigenvalue weighted by molar-refractivity contribution is 6.02. The Morgan fingerprint density at radius 2 is 1.54 bits per heavy atom. The highest BCUT2D eigenvalue weighted by Crippen LogP contribution is 2.36. The molecule has 3 rings (SSSR count). The van der Waals surface area contributed by atoms with E-state index in [1.165, 1.54) is 13.2 Å². The molecule has 0 N–H and O–H groups in total. The number of carbonyl (C=O) groups is 1. The highest BCUT2D eigenvalue weighted by atomic mass is 19.1. The van der Waals surface area contributed by atoms with Gasteiger partial charge in [-0.15, -0.1) is 0 Å². The van der Waals surface area contributed by atoms with E-state index >= 15 is 0 Å². The number of hydrogen-bond donors (Lipinski definition) is 0. The van der Waals surface area contributed by atoms with Crippen LogP contribution in [-0.2, 0) is 4.74 Å². The topological polar surface area (TPSA) is 26.3 Å². The van der Waals surface area contributed by atoms with Crippen LogP contribution in [0.3, 0.4) is 0 Å². The first-order valence-corrected chi connectivity index (χ1v) is 7.19. The summed E-state index contributed by atoms with van der Waals surface area (Å²) in [7, 11) is 1.25. The first kappa shape index (κ1) is 16.1. The molecule has 5 heteroatoms. The van der Waals surface area contributed by atoms with Gasteiger partial charge in [-0.05, 0) is 41.0 Å². The first-order valence-electron chi connectivity index (χ1n) is 7.19. The van der Waals surface area contributed by atoms with E-state index in [1.807, 2.05) is 0 Å². The second-order valence-corrected chi connectivity index (χ2v) is 5.43. The predicted octanol–water partition coefficient (Wildman–Crippen LogP) is 5.02. The maximum atomic E-state index is 14.3. The van der Waals surface area contributed by atoms with Gasteiger partial charge in [-0.25, -0.2) is 18.0 Å². The molecule has 0 fully saturated rings. The van der Waals surface area contributed by atoms with Gasteiger partial charge in [-0.1, -0.05) is 18.2 Å². The Balaban J connectivity index is 2.39. The van der Waals surface area contributed by atoms with Crippen molar-refractivity contribution in [1.82, 2.24) is 0 Å². The number of rotatable bonds is 2. The van der Waals surface area contributed by atoms with E-state index < -0.39 is 23.4 Å². The minimum Gasteiger partial charge on any atom is -0.465 e. The zero-order chi connectivity index (χ0) is 17.4. The summed E-state index contributed by atoms with van der Waals surface area (Å²) in [6, 6.07) is 9.55. The maximum Gasteiger partial charge on any atom is 0.337 e. The molecular weight excluding hydrogens is 317 g/mol. The van der Waals surface area contributed by atoms with Gasteiger partial charge in [-0.3, -0.25) is 0 Å². The largest absolute Gasteiger partial charge is 0.465 e. The number of aryl methyl sites for hydroxylation is 1. The smallest absolute Gasteiger partial charge is 0.337 e. The van der Waals surface area contributed by atoms with Crippen LogP contribution in [0.2, 0.25) is 0 Å². The normalized spacial score (nSPS) is 10.9. The predicted molar refractivity (Wildman–Crippen MR) is 85.3 cm³/mol. The molecular formula is C19H13F3O2. The minimum atomic E-state index is -0.994. The number of carbonyl (C=O) groups excluding carboxylic acids is 1. The SMILES string of the molecule is COC(=O)c1ccc2ccc(C)c(-c3c(F)cc(F)cc3F)c2c1. The summed E-state index contributed by atoms with van der Waals surface area (Å²) in [6.45, 7) is 1.70. The third-order valence-corrected chi connectivity index (χ3v) is 3.91. The summed E-state index contributed by atoms with van der Waals surface area (Å²) in [5.41, 5.74) is 0.837. The molecule has 2 nitrogen and oxygen atoms in total. The van der Waals surface area contributed by atoms with Gasteiger partial charge in [0.15, 0.2) is 0 Å². The molecule has 0 heterocycles. The lowest BCUT2D eigenvalue weighted by atomic mass is 9.92. The van der Waals surface area contributed by atoms with Gasteiger partial charge in [0.2, 0.25) is 0 Å². The molecule has 0 atom stereocenters. The van der Waals surface area contributed by atoms with Crippen LogP contribution >= 0.6 is 0 Å². The lowest BCUT2D eigenvalue weighted by Crippen LogP contribution is -2.01. The number of hydrogen-bond acceptors (Lipinski definition) is 2. The number of fused-ring (bicyclic) bond motifs is 1. The number of benzene rings is 3. The van der Waals surface area contributed by atoms with Crippen LogP contribution in [0.4, 0.5) is 13.2 Å². The molecule has 0 amide bonds. The molecule has 3 aromatic carbocycles. The second-order valence-electron chi connectivity index (χ2n) is 5.43. The summed E-state index contributed by atoms with van der Waals surface area (Å²) < 4.78 is 46.4. The second kappa shape index (κ2) is 6.00. The standard InChI is InChI=1S/C19H13F3O2/c1-10-3-4-11-5-6-12(19(23)24-2)7-14(11)17(10)18-15(21)8-13(20)9-16(18)22/h3-9H,1-2H3. The van der Waals surface area contributed by atoms with Crippen LogP contribution in [0.15, 0.2) is 42.5 Å². The van der Waals surface area contributed by atoms with Crippen molar-refractivity contribution < 1.29 is 22.7 Å². The van der Waals surface area contributed by atoms with E-state index in [4.69, 9.17) is 0 Å². The van der Waals surface area contributed by atoms with E-state index in [9.17, 15) is 18.0 Å². The molecule has 122 valence electrons. The van der Waals surface area contributed by atoms with Gasteiger partial charge in [0.05, 0.1) is 18.2 Å². The van der Waals surface area contributed by atoms with E-state index in [-0.39, 0.29) is 16.7 Å². The molecule has 0 saturated heterocycles. The van der Waals surface area contributed by atoms with Gasteiger partial charge < -0.3 is 4.74 Å². The fraction of sp³-hybridized carbons (Fsp3) is 0.105. The van der Waals surface area contributed by atoms with Crippen LogP contribution in [0, 0.1) is 24.4 Å². The molecule has 0 radical (unpaired) electrons. The molecule has 0 aliphatic carbocycles. The Hall–Kier alpha value is -2.82. The van der Waals surface area contributed by atoms with E-state index in [0.29, 0.717) is 28.5 Å². The molecule has 3 aromatic rings. The van der Waals surface area contributed by atoms with Crippen molar-refractivity contribution >= 4 is 16.7 Å². The van der Waals surface area contributed by atoms with Crippen LogP contribution < -0.4 is 0 Å². The lowest BCUT2D eigenvalue weighted by Gasteiger charge is -2.13. The summed E-state index contributed by atoms with van der Waals surface area (Å²) in [5.74, 6) is -3.52. The number of esters is 1. The highest BCUT2D eigenvalue weighted by Gasteiger charge is 2.19. The molecule has 0 bridgehead atoms. The third-order valence-electron chi connectivity index (χ3n) is 3.91. The summed E-state index contributed by atoms with van der Waals surface area (Å²) in [6.07, 6.45) is 0. The fourth-order valence-electron chi connectivity index (χ4n) is 2.79. The molecule has 0 unspecified atom stereocenters. The van der Waals surface area contributed by atoms with E-state index in [0.717, 1.165) is 0 Å². The monoisotopic (exact) mass is 330 g/mol. The van der Waals surface area contributed by atoms with Gasteiger partial charge >= 0.3 is 5.97 Å².